The first kappa shape index (κ1) is 12.9. The van der Waals surface area contributed by atoms with Crippen LogP contribution in [0, 0.1) is 0 Å². The molecule has 0 unspecified atom stereocenters. The molecule has 0 atom stereocenters. The van der Waals surface area contributed by atoms with Crippen molar-refractivity contribution in [3.63, 3.8) is 0 Å². The zero-order valence-corrected chi connectivity index (χ0v) is 11.5. The summed E-state index contributed by atoms with van der Waals surface area (Å²) < 4.78 is 0. The first-order valence-electron chi connectivity index (χ1n) is 5.40. The number of thiocarbonyl (C=S) groups is 1. The van der Waals surface area contributed by atoms with E-state index in [4.69, 9.17) is 12.2 Å². The monoisotopic (exact) mass is 275 g/mol. The summed E-state index contributed by atoms with van der Waals surface area (Å²) in [5, 5.41) is 6.78. The van der Waals surface area contributed by atoms with Gasteiger partial charge in [-0.3, -0.25) is 4.98 Å². The summed E-state index contributed by atoms with van der Waals surface area (Å²) in [5.41, 5.74) is 1.85. The molecule has 0 aliphatic heterocycles. The van der Waals surface area contributed by atoms with Gasteiger partial charge < -0.3 is 10.6 Å². The maximum Gasteiger partial charge on any atom is 0.175 e. The van der Waals surface area contributed by atoms with E-state index in [0.717, 1.165) is 11.4 Å². The van der Waals surface area contributed by atoms with Crippen molar-refractivity contribution < 1.29 is 0 Å². The average molecular weight is 275 g/mol. The van der Waals surface area contributed by atoms with Crippen LogP contribution in [0.2, 0.25) is 0 Å². The fourth-order valence-corrected chi connectivity index (χ4v) is 2.13. The second-order valence-corrected chi connectivity index (χ2v) is 4.84. The lowest BCUT2D eigenvalue weighted by Crippen LogP contribution is -2.19. The number of rotatable bonds is 3. The topological polar surface area (TPSA) is 37.0 Å². The quantitative estimate of drug-likeness (QED) is 0.661. The number of nitrogens with one attached hydrogen (secondary N) is 2. The Bertz CT molecular complexity index is 529. The van der Waals surface area contributed by atoms with Crippen LogP contribution in [0.5, 0.6) is 0 Å². The Morgan fingerprint density at radius 2 is 1.94 bits per heavy atom. The molecule has 0 saturated heterocycles. The molecule has 1 aromatic carbocycles. The minimum absolute atomic E-state index is 0.557. The van der Waals surface area contributed by atoms with Crippen LogP contribution in [0.3, 0.4) is 0 Å². The fourth-order valence-electron chi connectivity index (χ4n) is 1.43. The van der Waals surface area contributed by atoms with Gasteiger partial charge in [0, 0.05) is 16.8 Å². The van der Waals surface area contributed by atoms with Crippen molar-refractivity contribution >= 4 is 40.5 Å². The molecule has 0 radical (unpaired) electrons. The smallest absolute Gasteiger partial charge is 0.175 e. The van der Waals surface area contributed by atoms with E-state index in [-0.39, 0.29) is 0 Å². The first-order chi connectivity index (χ1) is 8.78. The van der Waals surface area contributed by atoms with Crippen molar-refractivity contribution in [2.75, 3.05) is 16.9 Å². The minimum atomic E-state index is 0.557. The Morgan fingerprint density at radius 1 is 1.17 bits per heavy atom. The van der Waals surface area contributed by atoms with Crippen LogP contribution >= 0.6 is 24.0 Å². The van der Waals surface area contributed by atoms with Gasteiger partial charge in [0.25, 0.3) is 0 Å². The third-order valence-corrected chi connectivity index (χ3v) is 3.18. The van der Waals surface area contributed by atoms with E-state index in [1.54, 1.807) is 24.2 Å². The lowest BCUT2D eigenvalue weighted by molar-refractivity contribution is 1.33. The van der Waals surface area contributed by atoms with Gasteiger partial charge >= 0.3 is 0 Å². The van der Waals surface area contributed by atoms with Crippen molar-refractivity contribution in [2.24, 2.45) is 0 Å². The highest BCUT2D eigenvalue weighted by Gasteiger charge is 1.99. The third-order valence-electron chi connectivity index (χ3n) is 2.25. The Balaban J connectivity index is 1.99. The van der Waals surface area contributed by atoms with E-state index in [0.29, 0.717) is 5.11 Å². The molecule has 0 fully saturated rings. The number of pyridine rings is 1. The van der Waals surface area contributed by atoms with Crippen molar-refractivity contribution in [3.8, 4) is 0 Å². The second kappa shape index (κ2) is 6.37. The summed E-state index contributed by atoms with van der Waals surface area (Å²) in [6, 6.07) is 11.9. The van der Waals surface area contributed by atoms with Gasteiger partial charge in [0.05, 0.1) is 11.9 Å². The van der Waals surface area contributed by atoms with Crippen LogP contribution in [0.4, 0.5) is 11.4 Å². The van der Waals surface area contributed by atoms with Gasteiger partial charge in [-0.2, -0.15) is 0 Å². The van der Waals surface area contributed by atoms with Gasteiger partial charge in [-0.1, -0.05) is 6.07 Å². The number of nitrogens with zero attached hydrogens (tertiary/aromatic N) is 1. The van der Waals surface area contributed by atoms with Crippen molar-refractivity contribution in [1.82, 2.24) is 4.98 Å². The molecule has 1 heterocycles. The molecule has 2 aromatic rings. The molecule has 0 aliphatic carbocycles. The van der Waals surface area contributed by atoms with E-state index in [1.165, 1.54) is 4.90 Å². The molecule has 2 N–H and O–H groups in total. The number of thioether (sulfide) groups is 1. The molecule has 0 bridgehead atoms. The van der Waals surface area contributed by atoms with Gasteiger partial charge in [0.2, 0.25) is 0 Å². The van der Waals surface area contributed by atoms with Gasteiger partial charge in [0.15, 0.2) is 5.11 Å². The summed E-state index contributed by atoms with van der Waals surface area (Å²) in [6.07, 6.45) is 5.50. The van der Waals surface area contributed by atoms with Gasteiger partial charge in [0.1, 0.15) is 0 Å². The summed E-state index contributed by atoms with van der Waals surface area (Å²) in [7, 11) is 0. The number of hydrogen-bond donors (Lipinski definition) is 2. The highest BCUT2D eigenvalue weighted by atomic mass is 32.2. The third kappa shape index (κ3) is 3.72. The highest BCUT2D eigenvalue weighted by molar-refractivity contribution is 7.98. The largest absolute Gasteiger partial charge is 0.332 e. The fraction of sp³-hybridized carbons (Fsp3) is 0.0769. The summed E-state index contributed by atoms with van der Waals surface area (Å²) >= 11 is 6.94. The second-order valence-electron chi connectivity index (χ2n) is 3.55. The molecule has 0 amide bonds. The molecule has 92 valence electrons. The molecule has 0 aliphatic rings. The van der Waals surface area contributed by atoms with E-state index in [9.17, 15) is 0 Å². The van der Waals surface area contributed by atoms with Crippen LogP contribution < -0.4 is 10.6 Å². The van der Waals surface area contributed by atoms with E-state index >= 15 is 0 Å². The molecular formula is C13H13N3S2. The van der Waals surface area contributed by atoms with E-state index in [1.807, 2.05) is 30.5 Å². The maximum atomic E-state index is 5.24. The molecular weight excluding hydrogens is 262 g/mol. The molecule has 0 spiro atoms. The molecule has 18 heavy (non-hydrogen) atoms. The van der Waals surface area contributed by atoms with Crippen LogP contribution in [0.25, 0.3) is 0 Å². The Hall–Kier alpha value is -1.59. The number of benzene rings is 1. The predicted molar refractivity (Wildman–Crippen MR) is 82.3 cm³/mol. The van der Waals surface area contributed by atoms with E-state index < -0.39 is 0 Å². The predicted octanol–water partition coefficient (Wildman–Crippen LogP) is 3.61. The Morgan fingerprint density at radius 3 is 2.67 bits per heavy atom. The molecule has 2 rings (SSSR count). The summed E-state index contributed by atoms with van der Waals surface area (Å²) in [5.74, 6) is 0. The highest BCUT2D eigenvalue weighted by Crippen LogP contribution is 2.19. The van der Waals surface area contributed by atoms with Crippen LogP contribution in [0.1, 0.15) is 0 Å². The average Bonchev–Trinajstić information content (AvgIpc) is 2.40. The molecule has 3 nitrogen and oxygen atoms in total. The van der Waals surface area contributed by atoms with Gasteiger partial charge in [-0.25, -0.2) is 0 Å². The molecule has 1 aromatic heterocycles. The van der Waals surface area contributed by atoms with Crippen molar-refractivity contribution in [1.29, 1.82) is 0 Å². The zero-order chi connectivity index (χ0) is 12.8. The number of anilines is 2. The van der Waals surface area contributed by atoms with Crippen LogP contribution in [-0.2, 0) is 0 Å². The summed E-state index contributed by atoms with van der Waals surface area (Å²) in [4.78, 5) is 5.22. The van der Waals surface area contributed by atoms with Crippen molar-refractivity contribution in [3.05, 3.63) is 48.8 Å². The standard InChI is InChI=1S/C13H13N3S2/c1-18-12-6-2-4-10(8-12)15-13(17)16-11-5-3-7-14-9-11/h2-9H,1H3,(H2,15,16,17). The normalized spacial score (nSPS) is 9.83. The van der Waals surface area contributed by atoms with Crippen LogP contribution in [0.15, 0.2) is 53.7 Å². The molecule has 5 heteroatoms. The number of hydrogen-bond acceptors (Lipinski definition) is 3. The van der Waals surface area contributed by atoms with Crippen molar-refractivity contribution in [2.45, 2.75) is 4.90 Å². The van der Waals surface area contributed by atoms with Gasteiger partial charge in [-0.05, 0) is 48.8 Å². The first-order valence-corrected chi connectivity index (χ1v) is 7.03. The van der Waals surface area contributed by atoms with Gasteiger partial charge in [-0.15, -0.1) is 11.8 Å². The maximum absolute atomic E-state index is 5.24. The lowest BCUT2D eigenvalue weighted by Gasteiger charge is -2.10. The summed E-state index contributed by atoms with van der Waals surface area (Å²) in [6.45, 7) is 0. The Labute approximate surface area is 116 Å². The SMILES string of the molecule is CSc1cccc(NC(=S)Nc2cccnc2)c1. The zero-order valence-electron chi connectivity index (χ0n) is 9.88. The van der Waals surface area contributed by atoms with E-state index in [2.05, 4.69) is 27.8 Å². The lowest BCUT2D eigenvalue weighted by atomic mass is 10.3. The Kier molecular flexibility index (Phi) is 4.55. The minimum Gasteiger partial charge on any atom is -0.332 e. The molecule has 0 saturated carbocycles. The van der Waals surface area contributed by atoms with Crippen LogP contribution in [-0.4, -0.2) is 16.4 Å². The number of aromatic nitrogens is 1.